The zero-order valence-electron chi connectivity index (χ0n) is 21.9. The van der Waals surface area contributed by atoms with Crippen molar-refractivity contribution in [2.45, 2.75) is 37.1 Å². The first-order valence-corrected chi connectivity index (χ1v) is 13.7. The van der Waals surface area contributed by atoms with Gasteiger partial charge in [-0.3, -0.25) is 9.52 Å². The molecule has 0 atom stereocenters. The second-order valence-corrected chi connectivity index (χ2v) is 10.8. The minimum absolute atomic E-state index is 0.234. The molecule has 0 spiro atoms. The van der Waals surface area contributed by atoms with Crippen molar-refractivity contribution in [2.24, 2.45) is 0 Å². The average Bonchev–Trinajstić information content (AvgIpc) is 2.95. The largest absolute Gasteiger partial charge is 0.369 e. The highest BCUT2D eigenvalue weighted by Gasteiger charge is 2.32. The lowest BCUT2D eigenvalue weighted by atomic mass is 9.83. The number of rotatable bonds is 5. The van der Waals surface area contributed by atoms with Crippen molar-refractivity contribution in [1.82, 2.24) is 20.0 Å². The maximum atomic E-state index is 14.3. The Balaban J connectivity index is 1.30. The SMILES string of the molecule is CC(C)(C(=O)NCc1ccc(-c2cnc3nc2NCCCNSc2cccc(c2)N3)cc1)c1ccccc1F. The monoisotopic (exact) mass is 542 g/mol. The Morgan fingerprint density at radius 2 is 1.87 bits per heavy atom. The summed E-state index contributed by atoms with van der Waals surface area (Å²) in [6, 6.07) is 22.4. The third-order valence-corrected chi connectivity index (χ3v) is 7.49. The molecule has 1 amide bonds. The van der Waals surface area contributed by atoms with Crippen LogP contribution < -0.4 is 20.7 Å². The van der Waals surface area contributed by atoms with Crippen molar-refractivity contribution in [3.05, 3.63) is 95.9 Å². The van der Waals surface area contributed by atoms with Gasteiger partial charge in [0.2, 0.25) is 11.9 Å². The molecule has 1 aliphatic heterocycles. The van der Waals surface area contributed by atoms with Gasteiger partial charge in [0.1, 0.15) is 11.6 Å². The normalized spacial score (nSPS) is 13.6. The first-order chi connectivity index (χ1) is 18.9. The zero-order chi connectivity index (χ0) is 27.2. The fourth-order valence-electron chi connectivity index (χ4n) is 4.35. The number of amides is 1. The molecule has 4 N–H and O–H groups in total. The number of anilines is 3. The zero-order valence-corrected chi connectivity index (χ0v) is 22.7. The number of carbonyl (C=O) groups is 1. The smallest absolute Gasteiger partial charge is 0.230 e. The molecule has 1 aliphatic rings. The summed E-state index contributed by atoms with van der Waals surface area (Å²) in [7, 11) is 0. The second kappa shape index (κ2) is 11.8. The van der Waals surface area contributed by atoms with Gasteiger partial charge < -0.3 is 16.0 Å². The molecule has 0 radical (unpaired) electrons. The van der Waals surface area contributed by atoms with Crippen molar-refractivity contribution in [3.8, 4) is 11.1 Å². The van der Waals surface area contributed by atoms with E-state index in [-0.39, 0.29) is 11.7 Å². The number of carbonyl (C=O) groups excluding carboxylic acids is 1. The molecular formula is C30H31FN6OS. The number of benzene rings is 3. The third kappa shape index (κ3) is 6.38. The van der Waals surface area contributed by atoms with E-state index in [2.05, 4.69) is 37.8 Å². The lowest BCUT2D eigenvalue weighted by Gasteiger charge is -2.24. The van der Waals surface area contributed by atoms with Crippen LogP contribution in [0, 0.1) is 5.82 Å². The molecular weight excluding hydrogens is 511 g/mol. The average molecular weight is 543 g/mol. The number of halogens is 1. The van der Waals surface area contributed by atoms with E-state index in [1.807, 2.05) is 42.6 Å². The predicted molar refractivity (Wildman–Crippen MR) is 155 cm³/mol. The quantitative estimate of drug-likeness (QED) is 0.229. The molecule has 4 bridgehead atoms. The molecule has 3 aromatic carbocycles. The first kappa shape index (κ1) is 26.6. The van der Waals surface area contributed by atoms with Crippen molar-refractivity contribution >= 4 is 35.3 Å². The van der Waals surface area contributed by atoms with Gasteiger partial charge in [-0.25, -0.2) is 9.37 Å². The Morgan fingerprint density at radius 1 is 1.05 bits per heavy atom. The molecule has 0 aliphatic carbocycles. The fraction of sp³-hybridized carbons (Fsp3) is 0.233. The van der Waals surface area contributed by atoms with Crippen molar-refractivity contribution in [2.75, 3.05) is 23.7 Å². The van der Waals surface area contributed by atoms with Gasteiger partial charge in [0.05, 0.1) is 5.41 Å². The standard InChI is InChI=1S/C30H31FN6OS/c1-30(2,25-9-3-4-10-26(25)31)28(38)33-18-20-11-13-21(14-12-20)24-19-34-29-36-22-7-5-8-23(17-22)39-35-16-6-15-32-27(24)37-29/h3-5,7-14,17,19,35H,6,15-16,18H2,1-2H3,(H,33,38)(H2,32,34,36,37). The van der Waals surface area contributed by atoms with Crippen molar-refractivity contribution in [1.29, 1.82) is 0 Å². The molecule has 2 heterocycles. The van der Waals surface area contributed by atoms with Crippen molar-refractivity contribution in [3.63, 3.8) is 0 Å². The molecule has 7 nitrogen and oxygen atoms in total. The lowest BCUT2D eigenvalue weighted by Crippen LogP contribution is -2.40. The Bertz CT molecular complexity index is 1460. The minimum Gasteiger partial charge on any atom is -0.369 e. The van der Waals surface area contributed by atoms with Gasteiger partial charge in [0.25, 0.3) is 0 Å². The summed E-state index contributed by atoms with van der Waals surface area (Å²) in [5.74, 6) is 0.656. The van der Waals surface area contributed by atoms with Crippen LogP contribution in [0.1, 0.15) is 31.4 Å². The number of hydrogen-bond donors (Lipinski definition) is 4. The van der Waals surface area contributed by atoms with Crippen LogP contribution in [0.3, 0.4) is 0 Å². The van der Waals surface area contributed by atoms with Crippen LogP contribution >= 0.6 is 11.9 Å². The molecule has 4 aromatic rings. The predicted octanol–water partition coefficient (Wildman–Crippen LogP) is 6.03. The highest BCUT2D eigenvalue weighted by Crippen LogP contribution is 2.29. The Hall–Kier alpha value is -3.95. The number of aromatic nitrogens is 2. The summed E-state index contributed by atoms with van der Waals surface area (Å²) >= 11 is 1.61. The number of nitrogens with zero attached hydrogens (tertiary/aromatic N) is 2. The van der Waals surface area contributed by atoms with Gasteiger partial charge in [-0.05, 0) is 67.6 Å². The number of nitrogens with one attached hydrogen (secondary N) is 4. The minimum atomic E-state index is -0.992. The number of fused-ring (bicyclic) bond motifs is 4. The summed E-state index contributed by atoms with van der Waals surface area (Å²) in [6.45, 7) is 5.42. The molecule has 0 saturated heterocycles. The summed E-state index contributed by atoms with van der Waals surface area (Å²) in [4.78, 5) is 23.4. The van der Waals surface area contributed by atoms with E-state index in [1.165, 1.54) is 6.07 Å². The van der Waals surface area contributed by atoms with Gasteiger partial charge in [0.15, 0.2) is 0 Å². The summed E-state index contributed by atoms with van der Waals surface area (Å²) in [6.07, 6.45) is 2.75. The summed E-state index contributed by atoms with van der Waals surface area (Å²) in [5, 5.41) is 9.71. The first-order valence-electron chi connectivity index (χ1n) is 12.9. The summed E-state index contributed by atoms with van der Waals surface area (Å²) in [5.41, 5.74) is 3.10. The van der Waals surface area contributed by atoms with Crippen LogP contribution in [-0.2, 0) is 16.8 Å². The van der Waals surface area contributed by atoms with Gasteiger partial charge in [-0.1, -0.05) is 48.5 Å². The van der Waals surface area contributed by atoms with Crippen LogP contribution in [0.15, 0.2) is 83.9 Å². The van der Waals surface area contributed by atoms with Crippen LogP contribution in [0.25, 0.3) is 11.1 Å². The maximum absolute atomic E-state index is 14.3. The molecule has 5 rings (SSSR count). The molecule has 39 heavy (non-hydrogen) atoms. The Labute approximate surface area is 232 Å². The number of hydrogen-bond acceptors (Lipinski definition) is 7. The summed E-state index contributed by atoms with van der Waals surface area (Å²) < 4.78 is 17.7. The van der Waals surface area contributed by atoms with Crippen molar-refractivity contribution < 1.29 is 9.18 Å². The van der Waals surface area contributed by atoms with E-state index >= 15 is 0 Å². The second-order valence-electron chi connectivity index (χ2n) is 9.87. The van der Waals surface area contributed by atoms with E-state index in [1.54, 1.807) is 44.0 Å². The third-order valence-electron chi connectivity index (χ3n) is 6.65. The highest BCUT2D eigenvalue weighted by molar-refractivity contribution is 7.97. The van der Waals surface area contributed by atoms with Crippen LogP contribution in [-0.4, -0.2) is 29.0 Å². The topological polar surface area (TPSA) is 91.0 Å². The highest BCUT2D eigenvalue weighted by atomic mass is 32.2. The fourth-order valence-corrected chi connectivity index (χ4v) is 5.10. The molecule has 1 aromatic heterocycles. The van der Waals surface area contributed by atoms with Gasteiger partial charge in [-0.15, -0.1) is 0 Å². The van der Waals surface area contributed by atoms with E-state index in [4.69, 9.17) is 4.98 Å². The van der Waals surface area contributed by atoms with Crippen LogP contribution in [0.5, 0.6) is 0 Å². The molecule has 9 heteroatoms. The van der Waals surface area contributed by atoms with Gasteiger partial charge >= 0.3 is 0 Å². The Morgan fingerprint density at radius 3 is 2.69 bits per heavy atom. The van der Waals surface area contributed by atoms with Crippen LogP contribution in [0.2, 0.25) is 0 Å². The Kier molecular flexibility index (Phi) is 8.09. The molecule has 200 valence electrons. The maximum Gasteiger partial charge on any atom is 0.230 e. The van der Waals surface area contributed by atoms with E-state index < -0.39 is 5.41 Å². The van der Waals surface area contributed by atoms with Crippen LogP contribution in [0.4, 0.5) is 21.8 Å². The van der Waals surface area contributed by atoms with Gasteiger partial charge in [0, 0.05) is 47.5 Å². The van der Waals surface area contributed by atoms with E-state index in [0.717, 1.165) is 52.6 Å². The molecule has 0 saturated carbocycles. The van der Waals surface area contributed by atoms with Gasteiger partial charge in [-0.2, -0.15) is 4.98 Å². The van der Waals surface area contributed by atoms with E-state index in [0.29, 0.717) is 18.1 Å². The molecule has 0 fully saturated rings. The van der Waals surface area contributed by atoms with E-state index in [9.17, 15) is 9.18 Å². The lowest BCUT2D eigenvalue weighted by molar-refractivity contribution is -0.125. The molecule has 0 unspecified atom stereocenters.